The van der Waals surface area contributed by atoms with Crippen LogP contribution in [0.2, 0.25) is 0 Å². The summed E-state index contributed by atoms with van der Waals surface area (Å²) in [5.74, 6) is 1.30. The van der Waals surface area contributed by atoms with Gasteiger partial charge in [0.25, 0.3) is 0 Å². The molecule has 0 radical (unpaired) electrons. The number of aromatic hydroxyl groups is 2. The highest BCUT2D eigenvalue weighted by molar-refractivity contribution is 5.91. The largest absolute Gasteiger partial charge is 0.494 e. The van der Waals surface area contributed by atoms with Crippen molar-refractivity contribution in [2.75, 3.05) is 0 Å². The first-order valence-electron chi connectivity index (χ1n) is 7.90. The van der Waals surface area contributed by atoms with Gasteiger partial charge in [0.05, 0.1) is 5.69 Å². The third-order valence-electron chi connectivity index (χ3n) is 5.45. The molecule has 3 aromatic rings. The molecular formula is C19H17NO2. The first kappa shape index (κ1) is 12.2. The van der Waals surface area contributed by atoms with Gasteiger partial charge in [0.2, 0.25) is 11.8 Å². The van der Waals surface area contributed by atoms with Crippen molar-refractivity contribution in [1.29, 1.82) is 0 Å². The summed E-state index contributed by atoms with van der Waals surface area (Å²) >= 11 is 0. The summed E-state index contributed by atoms with van der Waals surface area (Å²) < 4.78 is 1.64. The molecule has 2 unspecified atom stereocenters. The maximum absolute atomic E-state index is 10.8. The van der Waals surface area contributed by atoms with Crippen LogP contribution in [0.4, 0.5) is 0 Å². The van der Waals surface area contributed by atoms with Crippen LogP contribution in [0.1, 0.15) is 42.2 Å². The Morgan fingerprint density at radius 1 is 0.818 bits per heavy atom. The molecule has 3 nitrogen and oxygen atoms in total. The quantitative estimate of drug-likeness (QED) is 0.697. The zero-order valence-corrected chi connectivity index (χ0v) is 12.2. The fourth-order valence-corrected chi connectivity index (χ4v) is 4.52. The van der Waals surface area contributed by atoms with Crippen LogP contribution in [0.5, 0.6) is 11.8 Å². The van der Waals surface area contributed by atoms with Gasteiger partial charge in [-0.15, -0.1) is 0 Å². The molecule has 0 saturated heterocycles. The molecule has 22 heavy (non-hydrogen) atoms. The molecule has 1 saturated carbocycles. The molecule has 3 heteroatoms. The summed E-state index contributed by atoms with van der Waals surface area (Å²) in [5.41, 5.74) is 2.82. The van der Waals surface area contributed by atoms with Gasteiger partial charge in [0.15, 0.2) is 0 Å². The van der Waals surface area contributed by atoms with E-state index in [0.29, 0.717) is 11.8 Å². The number of benzene rings is 2. The highest BCUT2D eigenvalue weighted by Gasteiger charge is 2.44. The van der Waals surface area contributed by atoms with Crippen LogP contribution in [0.25, 0.3) is 16.5 Å². The molecule has 1 aromatic heterocycles. The Hall–Kier alpha value is -2.42. The van der Waals surface area contributed by atoms with E-state index in [0.717, 1.165) is 46.8 Å². The van der Waals surface area contributed by atoms with Crippen molar-refractivity contribution in [2.45, 2.75) is 31.1 Å². The Morgan fingerprint density at radius 3 is 2.18 bits per heavy atom. The Balaban J connectivity index is 1.83. The molecule has 5 rings (SSSR count). The van der Waals surface area contributed by atoms with E-state index in [-0.39, 0.29) is 11.8 Å². The van der Waals surface area contributed by atoms with Crippen molar-refractivity contribution < 1.29 is 10.2 Å². The van der Waals surface area contributed by atoms with E-state index < -0.39 is 0 Å². The monoisotopic (exact) mass is 291 g/mol. The fourth-order valence-electron chi connectivity index (χ4n) is 4.52. The van der Waals surface area contributed by atoms with E-state index in [2.05, 4.69) is 0 Å². The topological polar surface area (TPSA) is 45.4 Å². The van der Waals surface area contributed by atoms with Crippen molar-refractivity contribution in [3.05, 3.63) is 53.6 Å². The van der Waals surface area contributed by atoms with E-state index >= 15 is 0 Å². The van der Waals surface area contributed by atoms with Gasteiger partial charge < -0.3 is 10.2 Å². The molecule has 2 aliphatic carbocycles. The standard InChI is InChI=1S/C19H17NO2/c21-18-16-12-8-9-13(10-12)17(16)19(22)20(18)15-7-3-5-11-4-1-2-6-14(11)15/h1-7,12-13,21-22H,8-10H2. The zero-order chi connectivity index (χ0) is 14.8. The van der Waals surface area contributed by atoms with E-state index in [9.17, 15) is 10.2 Å². The summed E-state index contributed by atoms with van der Waals surface area (Å²) in [6.07, 6.45) is 3.34. The van der Waals surface area contributed by atoms with Gasteiger partial charge >= 0.3 is 0 Å². The minimum Gasteiger partial charge on any atom is -0.494 e. The molecule has 0 amide bonds. The van der Waals surface area contributed by atoms with Crippen molar-refractivity contribution in [2.24, 2.45) is 0 Å². The van der Waals surface area contributed by atoms with Gasteiger partial charge in [-0.3, -0.25) is 4.57 Å². The number of nitrogens with zero attached hydrogens (tertiary/aromatic N) is 1. The van der Waals surface area contributed by atoms with Crippen molar-refractivity contribution in [3.63, 3.8) is 0 Å². The smallest absolute Gasteiger partial charge is 0.202 e. The van der Waals surface area contributed by atoms with Crippen LogP contribution in [-0.4, -0.2) is 14.8 Å². The maximum atomic E-state index is 10.8. The lowest BCUT2D eigenvalue weighted by Gasteiger charge is -2.12. The third-order valence-corrected chi connectivity index (χ3v) is 5.45. The van der Waals surface area contributed by atoms with Crippen LogP contribution in [0.3, 0.4) is 0 Å². The third kappa shape index (κ3) is 1.36. The zero-order valence-electron chi connectivity index (χ0n) is 12.2. The summed E-state index contributed by atoms with van der Waals surface area (Å²) in [6, 6.07) is 14.0. The van der Waals surface area contributed by atoms with Gasteiger partial charge in [0, 0.05) is 16.5 Å². The Labute approximate surface area is 128 Å². The molecule has 2 atom stereocenters. The van der Waals surface area contributed by atoms with Gasteiger partial charge in [-0.05, 0) is 42.6 Å². The van der Waals surface area contributed by atoms with E-state index in [1.807, 2.05) is 42.5 Å². The van der Waals surface area contributed by atoms with E-state index in [1.165, 1.54) is 0 Å². The highest BCUT2D eigenvalue weighted by Crippen LogP contribution is 2.60. The number of fused-ring (bicyclic) bond motifs is 6. The van der Waals surface area contributed by atoms with Gasteiger partial charge in [-0.1, -0.05) is 36.4 Å². The maximum Gasteiger partial charge on any atom is 0.202 e. The normalized spacial score (nSPS) is 22.4. The van der Waals surface area contributed by atoms with Crippen LogP contribution >= 0.6 is 0 Å². The molecule has 2 N–H and O–H groups in total. The van der Waals surface area contributed by atoms with Crippen molar-refractivity contribution >= 4 is 10.8 Å². The second-order valence-corrected chi connectivity index (χ2v) is 6.52. The lowest BCUT2D eigenvalue weighted by molar-refractivity contribution is 0.395. The molecule has 2 bridgehead atoms. The second-order valence-electron chi connectivity index (χ2n) is 6.52. The summed E-state index contributed by atoms with van der Waals surface area (Å²) in [4.78, 5) is 0. The first-order valence-corrected chi connectivity index (χ1v) is 7.90. The van der Waals surface area contributed by atoms with Gasteiger partial charge in [-0.25, -0.2) is 0 Å². The average Bonchev–Trinajstić information content (AvgIpc) is 3.21. The van der Waals surface area contributed by atoms with Crippen LogP contribution in [0, 0.1) is 0 Å². The molecule has 1 heterocycles. The van der Waals surface area contributed by atoms with Crippen LogP contribution < -0.4 is 0 Å². The predicted molar refractivity (Wildman–Crippen MR) is 85.9 cm³/mol. The lowest BCUT2D eigenvalue weighted by atomic mass is 9.95. The summed E-state index contributed by atoms with van der Waals surface area (Å²) in [7, 11) is 0. The molecule has 2 aromatic carbocycles. The predicted octanol–water partition coefficient (Wildman–Crippen LogP) is 4.41. The molecule has 110 valence electrons. The summed E-state index contributed by atoms with van der Waals surface area (Å²) in [5, 5.41) is 23.7. The van der Waals surface area contributed by atoms with E-state index in [1.54, 1.807) is 4.57 Å². The van der Waals surface area contributed by atoms with Crippen LogP contribution in [-0.2, 0) is 0 Å². The molecular weight excluding hydrogens is 274 g/mol. The molecule has 2 aliphatic rings. The Morgan fingerprint density at radius 2 is 1.45 bits per heavy atom. The van der Waals surface area contributed by atoms with Gasteiger partial charge in [-0.2, -0.15) is 0 Å². The van der Waals surface area contributed by atoms with Crippen molar-refractivity contribution in [1.82, 2.24) is 4.57 Å². The van der Waals surface area contributed by atoms with Crippen molar-refractivity contribution in [3.8, 4) is 17.4 Å². The minimum absolute atomic E-state index is 0.232. The van der Waals surface area contributed by atoms with Gasteiger partial charge in [0.1, 0.15) is 0 Å². The Bertz CT molecular complexity index is 870. The lowest BCUT2D eigenvalue weighted by Crippen LogP contribution is -1.96. The first-order chi connectivity index (χ1) is 10.8. The number of aromatic nitrogens is 1. The number of hydrogen-bond donors (Lipinski definition) is 2. The summed E-state index contributed by atoms with van der Waals surface area (Å²) in [6.45, 7) is 0. The second kappa shape index (κ2) is 4.07. The number of rotatable bonds is 1. The average molecular weight is 291 g/mol. The molecule has 1 fully saturated rings. The fraction of sp³-hybridized carbons (Fsp3) is 0.263. The van der Waals surface area contributed by atoms with E-state index in [4.69, 9.17) is 0 Å². The van der Waals surface area contributed by atoms with Crippen LogP contribution in [0.15, 0.2) is 42.5 Å². The minimum atomic E-state index is 0.232. The SMILES string of the molecule is Oc1c2c(c(O)n1-c1cccc3ccccc13)C1CCC2C1. The highest BCUT2D eigenvalue weighted by atomic mass is 16.3. The molecule has 0 spiro atoms. The molecule has 0 aliphatic heterocycles. The number of hydrogen-bond acceptors (Lipinski definition) is 2. The Kier molecular flexibility index (Phi) is 2.25.